The highest BCUT2D eigenvalue weighted by atomic mass is 19.4. The maximum atomic E-state index is 13.7. The molecule has 2 saturated heterocycles. The number of carbonyl (C=O) groups excluding carboxylic acids is 1. The van der Waals surface area contributed by atoms with Crippen molar-refractivity contribution in [3.63, 3.8) is 0 Å². The van der Waals surface area contributed by atoms with Gasteiger partial charge in [0.1, 0.15) is 5.75 Å². The number of hydrogen-bond donors (Lipinski definition) is 0. The second kappa shape index (κ2) is 13.0. The third-order valence-corrected chi connectivity index (χ3v) is 8.72. The first kappa shape index (κ1) is 30.7. The highest BCUT2D eigenvalue weighted by Gasteiger charge is 2.43. The lowest BCUT2D eigenvalue weighted by Gasteiger charge is -2.53. The number of piperazine rings is 2. The molecule has 3 aromatic carbocycles. The van der Waals surface area contributed by atoms with E-state index in [1.165, 1.54) is 17.2 Å². The van der Waals surface area contributed by atoms with Crippen molar-refractivity contribution in [1.29, 1.82) is 0 Å². The number of hydrogen-bond acceptors (Lipinski definition) is 7. The van der Waals surface area contributed by atoms with Crippen LogP contribution in [0.25, 0.3) is 5.69 Å². The largest absolute Gasteiger partial charge is 0.494 e. The van der Waals surface area contributed by atoms with Crippen LogP contribution in [0.4, 0.5) is 13.2 Å². The number of alkyl halides is 3. The van der Waals surface area contributed by atoms with E-state index in [0.717, 1.165) is 12.1 Å². The van der Waals surface area contributed by atoms with Gasteiger partial charge in [0.2, 0.25) is 5.91 Å². The highest BCUT2D eigenvalue weighted by Crippen LogP contribution is 2.37. The van der Waals surface area contributed by atoms with Crippen LogP contribution in [0.3, 0.4) is 0 Å². The summed E-state index contributed by atoms with van der Waals surface area (Å²) in [5.74, 6) is -0.473. The topological polar surface area (TPSA) is 79.6 Å². The van der Waals surface area contributed by atoms with Crippen LogP contribution in [-0.2, 0) is 17.5 Å². The molecule has 2 atom stereocenters. The molecule has 2 fully saturated rings. The lowest BCUT2D eigenvalue weighted by atomic mass is 9.81. The molecule has 0 N–H and O–H groups in total. The fraction of sp³-hybridized carbons (Fsp3) is 0.394. The maximum Gasteiger partial charge on any atom is 0.453 e. The number of rotatable bonds is 8. The van der Waals surface area contributed by atoms with Gasteiger partial charge in [-0.3, -0.25) is 14.6 Å². The Morgan fingerprint density at radius 3 is 2.27 bits per heavy atom. The summed E-state index contributed by atoms with van der Waals surface area (Å²) in [4.78, 5) is 19.2. The predicted molar refractivity (Wildman–Crippen MR) is 162 cm³/mol. The molecule has 6 rings (SSSR count). The number of carbonyl (C=O) groups is 1. The number of amides is 1. The number of fused-ring (bicyclic) bond motifs is 1. The molecule has 0 radical (unpaired) electrons. The summed E-state index contributed by atoms with van der Waals surface area (Å²) in [5.41, 5.74) is 3.35. The minimum absolute atomic E-state index is 0.0548. The normalized spacial score (nSPS) is 19.5. The smallest absolute Gasteiger partial charge is 0.453 e. The van der Waals surface area contributed by atoms with Crippen LogP contribution >= 0.6 is 0 Å². The molecule has 0 unspecified atom stereocenters. The van der Waals surface area contributed by atoms with Gasteiger partial charge in [-0.1, -0.05) is 60.7 Å². The molecule has 1 aromatic heterocycles. The molecular weight excluding hydrogens is 583 g/mol. The van der Waals surface area contributed by atoms with E-state index in [9.17, 15) is 18.0 Å². The summed E-state index contributed by atoms with van der Waals surface area (Å²) in [7, 11) is 0. The van der Waals surface area contributed by atoms with Crippen molar-refractivity contribution >= 4 is 5.91 Å². The number of halogens is 3. The second-order valence-electron chi connectivity index (χ2n) is 11.6. The van der Waals surface area contributed by atoms with Gasteiger partial charge in [0.25, 0.3) is 5.82 Å². The van der Waals surface area contributed by atoms with Crippen LogP contribution in [0.5, 0.6) is 5.75 Å². The Bertz CT molecular complexity index is 1560. The van der Waals surface area contributed by atoms with Crippen molar-refractivity contribution in [2.24, 2.45) is 0 Å². The van der Waals surface area contributed by atoms with E-state index in [2.05, 4.69) is 73.9 Å². The van der Waals surface area contributed by atoms with Crippen LogP contribution in [0.2, 0.25) is 0 Å². The van der Waals surface area contributed by atoms with Gasteiger partial charge < -0.3 is 9.64 Å². The van der Waals surface area contributed by atoms with E-state index in [1.54, 1.807) is 19.1 Å². The highest BCUT2D eigenvalue weighted by molar-refractivity contribution is 5.73. The van der Waals surface area contributed by atoms with E-state index in [1.807, 2.05) is 24.0 Å². The molecule has 2 aliphatic heterocycles. The Kier molecular flexibility index (Phi) is 8.86. The molecule has 45 heavy (non-hydrogen) atoms. The van der Waals surface area contributed by atoms with Crippen LogP contribution in [0.15, 0.2) is 78.9 Å². The Labute approximate surface area is 260 Å². The lowest BCUT2D eigenvalue weighted by molar-refractivity contribution is -0.146. The van der Waals surface area contributed by atoms with Gasteiger partial charge in [-0.15, -0.1) is 5.10 Å². The molecule has 0 spiro atoms. The van der Waals surface area contributed by atoms with E-state index in [4.69, 9.17) is 4.74 Å². The quantitative estimate of drug-likeness (QED) is 0.285. The van der Waals surface area contributed by atoms with Crippen molar-refractivity contribution in [2.75, 3.05) is 39.3 Å². The molecule has 0 bridgehead atoms. The van der Waals surface area contributed by atoms with Gasteiger partial charge in [0.15, 0.2) is 0 Å². The van der Waals surface area contributed by atoms with Gasteiger partial charge in [-0.05, 0) is 46.7 Å². The average molecular weight is 620 g/mol. The monoisotopic (exact) mass is 619 g/mol. The zero-order chi connectivity index (χ0) is 31.6. The summed E-state index contributed by atoms with van der Waals surface area (Å²) in [6.45, 7) is 7.75. The molecule has 12 heteroatoms. The van der Waals surface area contributed by atoms with Gasteiger partial charge >= 0.3 is 6.18 Å². The third kappa shape index (κ3) is 6.57. The van der Waals surface area contributed by atoms with Crippen molar-refractivity contribution in [2.45, 2.75) is 44.6 Å². The lowest BCUT2D eigenvalue weighted by Crippen LogP contribution is -2.67. The fourth-order valence-electron chi connectivity index (χ4n) is 6.78. The number of tetrazole rings is 1. The SMILES string of the molecule is CCOc1ccc(-n2nnnc2C(F)(F)F)cc1CN1C[C@@H]2CN(C(C)=O)CCN2[C@H](C(c2ccccc2)c2ccccc2)C1. The molecule has 4 aromatic rings. The van der Waals surface area contributed by atoms with Crippen molar-refractivity contribution in [3.05, 3.63) is 101 Å². The summed E-state index contributed by atoms with van der Waals surface area (Å²) < 4.78 is 47.6. The third-order valence-electron chi connectivity index (χ3n) is 8.72. The minimum atomic E-state index is -4.71. The Morgan fingerprint density at radius 1 is 0.956 bits per heavy atom. The molecule has 2 aliphatic rings. The number of nitrogens with zero attached hydrogens (tertiary/aromatic N) is 7. The molecule has 236 valence electrons. The van der Waals surface area contributed by atoms with Gasteiger partial charge in [0, 0.05) is 69.8 Å². The summed E-state index contributed by atoms with van der Waals surface area (Å²) in [6, 6.07) is 26.0. The van der Waals surface area contributed by atoms with E-state index >= 15 is 0 Å². The summed E-state index contributed by atoms with van der Waals surface area (Å²) in [5, 5.41) is 10.1. The second-order valence-corrected chi connectivity index (χ2v) is 11.6. The fourth-order valence-corrected chi connectivity index (χ4v) is 6.78. The Balaban J connectivity index is 1.38. The van der Waals surface area contributed by atoms with Gasteiger partial charge in [-0.25, -0.2) is 0 Å². The Morgan fingerprint density at radius 2 is 1.64 bits per heavy atom. The van der Waals surface area contributed by atoms with Crippen LogP contribution in [0.1, 0.15) is 42.3 Å². The first-order valence-corrected chi connectivity index (χ1v) is 15.2. The number of benzene rings is 3. The molecule has 9 nitrogen and oxygen atoms in total. The first-order valence-electron chi connectivity index (χ1n) is 15.2. The molecular formula is C33H36F3N7O2. The zero-order valence-corrected chi connectivity index (χ0v) is 25.3. The Hall–Kier alpha value is -4.29. The van der Waals surface area contributed by atoms with Crippen molar-refractivity contribution in [1.82, 2.24) is 34.9 Å². The van der Waals surface area contributed by atoms with Crippen molar-refractivity contribution < 1.29 is 22.7 Å². The van der Waals surface area contributed by atoms with Crippen molar-refractivity contribution in [3.8, 4) is 11.4 Å². The summed E-state index contributed by atoms with van der Waals surface area (Å²) >= 11 is 0. The van der Waals surface area contributed by atoms with Crippen LogP contribution in [0, 0.1) is 0 Å². The molecule has 3 heterocycles. The maximum absolute atomic E-state index is 13.7. The first-order chi connectivity index (χ1) is 21.7. The molecule has 1 amide bonds. The number of ether oxygens (including phenoxy) is 1. The zero-order valence-electron chi connectivity index (χ0n) is 25.3. The van der Waals surface area contributed by atoms with Gasteiger partial charge in [-0.2, -0.15) is 17.9 Å². The summed E-state index contributed by atoms with van der Waals surface area (Å²) in [6.07, 6.45) is -4.71. The van der Waals surface area contributed by atoms with Crippen LogP contribution in [-0.4, -0.2) is 92.2 Å². The van der Waals surface area contributed by atoms with E-state index < -0.39 is 12.0 Å². The molecule has 0 saturated carbocycles. The van der Waals surface area contributed by atoms with E-state index in [0.29, 0.717) is 49.8 Å². The predicted octanol–water partition coefficient (Wildman–Crippen LogP) is 4.63. The molecule has 0 aliphatic carbocycles. The van der Waals surface area contributed by atoms with Gasteiger partial charge in [0.05, 0.1) is 12.3 Å². The standard InChI is InChI=1S/C33H36F3N7O2/c1-3-45-30-15-14-27(43-32(33(34,35)36)37-38-39-43)18-26(30)19-40-20-28-21-41(23(2)44)16-17-42(28)29(22-40)31(24-10-6-4-7-11-24)25-12-8-5-9-13-25/h4-15,18,28-29,31H,3,16-17,19-22H2,1-2H3/t28-,29+/m1/s1. The number of aromatic nitrogens is 4. The average Bonchev–Trinajstić information content (AvgIpc) is 3.54. The minimum Gasteiger partial charge on any atom is -0.494 e. The van der Waals surface area contributed by atoms with Crippen LogP contribution < -0.4 is 4.74 Å². The van der Waals surface area contributed by atoms with E-state index in [-0.39, 0.29) is 29.6 Å².